The Hall–Kier alpha value is -1.58. The van der Waals surface area contributed by atoms with Gasteiger partial charge in [-0.25, -0.2) is 0 Å². The van der Waals surface area contributed by atoms with Gasteiger partial charge in [0, 0.05) is 26.8 Å². The van der Waals surface area contributed by atoms with Gasteiger partial charge in [-0.3, -0.25) is 4.68 Å². The van der Waals surface area contributed by atoms with Crippen LogP contribution in [-0.4, -0.2) is 9.78 Å². The first-order valence-corrected chi connectivity index (χ1v) is 7.41. The molecular formula is C16H12BrClN2. The molecule has 20 heavy (non-hydrogen) atoms. The van der Waals surface area contributed by atoms with Crippen molar-refractivity contribution in [1.82, 2.24) is 9.78 Å². The molecule has 1 aromatic heterocycles. The highest BCUT2D eigenvalue weighted by atomic mass is 79.9. The van der Waals surface area contributed by atoms with E-state index in [4.69, 9.17) is 11.6 Å². The second-order valence-electron chi connectivity index (χ2n) is 4.53. The third kappa shape index (κ3) is 2.94. The highest BCUT2D eigenvalue weighted by Gasteiger charge is 2.05. The number of aromatic nitrogens is 2. The van der Waals surface area contributed by atoms with Crippen LogP contribution in [0.5, 0.6) is 0 Å². The Balaban J connectivity index is 1.84. The minimum Gasteiger partial charge on any atom is -0.268 e. The van der Waals surface area contributed by atoms with Crippen LogP contribution in [0.4, 0.5) is 0 Å². The van der Waals surface area contributed by atoms with Crippen molar-refractivity contribution in [2.45, 2.75) is 6.54 Å². The maximum atomic E-state index is 6.20. The van der Waals surface area contributed by atoms with Gasteiger partial charge in [-0.1, -0.05) is 57.9 Å². The Kier molecular flexibility index (Phi) is 3.90. The Morgan fingerprint density at radius 1 is 1.05 bits per heavy atom. The van der Waals surface area contributed by atoms with Gasteiger partial charge >= 0.3 is 0 Å². The zero-order valence-electron chi connectivity index (χ0n) is 10.6. The van der Waals surface area contributed by atoms with Crippen LogP contribution in [0.2, 0.25) is 5.02 Å². The molecule has 0 aliphatic rings. The minimum atomic E-state index is 0.746. The second-order valence-corrected chi connectivity index (χ2v) is 5.86. The van der Waals surface area contributed by atoms with Crippen LogP contribution in [0.1, 0.15) is 5.56 Å². The molecule has 2 nitrogen and oxygen atoms in total. The van der Waals surface area contributed by atoms with E-state index in [1.165, 1.54) is 5.56 Å². The van der Waals surface area contributed by atoms with Crippen LogP contribution in [0.3, 0.4) is 0 Å². The lowest BCUT2D eigenvalue weighted by Crippen LogP contribution is -1.99. The van der Waals surface area contributed by atoms with Gasteiger partial charge in [0.25, 0.3) is 0 Å². The second kappa shape index (κ2) is 5.81. The van der Waals surface area contributed by atoms with Crippen molar-refractivity contribution >= 4 is 27.5 Å². The molecule has 0 bridgehead atoms. The first kappa shape index (κ1) is 13.4. The van der Waals surface area contributed by atoms with E-state index in [-0.39, 0.29) is 0 Å². The summed E-state index contributed by atoms with van der Waals surface area (Å²) in [6, 6.07) is 16.0. The highest BCUT2D eigenvalue weighted by Crippen LogP contribution is 2.27. The molecule has 0 aliphatic carbocycles. The summed E-state index contributed by atoms with van der Waals surface area (Å²) < 4.78 is 3.00. The van der Waals surface area contributed by atoms with Crippen molar-refractivity contribution in [2.24, 2.45) is 0 Å². The monoisotopic (exact) mass is 346 g/mol. The summed E-state index contributed by atoms with van der Waals surface area (Å²) in [6.45, 7) is 0.748. The highest BCUT2D eigenvalue weighted by molar-refractivity contribution is 9.10. The SMILES string of the molecule is Clc1ccccc1-c1cnn(Cc2ccc(Br)cc2)c1. The van der Waals surface area contributed by atoms with E-state index in [1.807, 2.05) is 53.5 Å². The maximum Gasteiger partial charge on any atom is 0.0659 e. The van der Waals surface area contributed by atoms with Gasteiger partial charge in [0.1, 0.15) is 0 Å². The van der Waals surface area contributed by atoms with Crippen molar-refractivity contribution in [3.05, 3.63) is 76.0 Å². The lowest BCUT2D eigenvalue weighted by atomic mass is 10.1. The van der Waals surface area contributed by atoms with E-state index in [2.05, 4.69) is 33.2 Å². The normalized spacial score (nSPS) is 10.7. The summed E-state index contributed by atoms with van der Waals surface area (Å²) in [7, 11) is 0. The molecule has 0 saturated carbocycles. The lowest BCUT2D eigenvalue weighted by Gasteiger charge is -2.02. The number of benzene rings is 2. The lowest BCUT2D eigenvalue weighted by molar-refractivity contribution is 0.687. The summed E-state index contributed by atoms with van der Waals surface area (Å²) in [4.78, 5) is 0. The summed E-state index contributed by atoms with van der Waals surface area (Å²) in [6.07, 6.45) is 3.86. The van der Waals surface area contributed by atoms with E-state index in [0.717, 1.165) is 27.2 Å². The molecule has 0 amide bonds. The van der Waals surface area contributed by atoms with Gasteiger partial charge in [0.15, 0.2) is 0 Å². The molecule has 100 valence electrons. The first-order valence-electron chi connectivity index (χ1n) is 6.24. The van der Waals surface area contributed by atoms with Crippen LogP contribution in [0.25, 0.3) is 11.1 Å². The van der Waals surface area contributed by atoms with Crippen LogP contribution in [-0.2, 0) is 6.54 Å². The van der Waals surface area contributed by atoms with Crippen molar-refractivity contribution in [3.63, 3.8) is 0 Å². The zero-order chi connectivity index (χ0) is 13.9. The fraction of sp³-hybridized carbons (Fsp3) is 0.0625. The van der Waals surface area contributed by atoms with E-state index in [0.29, 0.717) is 0 Å². The third-order valence-corrected chi connectivity index (χ3v) is 3.93. The topological polar surface area (TPSA) is 17.8 Å². The molecule has 0 fully saturated rings. The molecular weight excluding hydrogens is 336 g/mol. The molecule has 1 heterocycles. The van der Waals surface area contributed by atoms with Crippen molar-refractivity contribution in [3.8, 4) is 11.1 Å². The molecule has 3 rings (SSSR count). The van der Waals surface area contributed by atoms with Crippen molar-refractivity contribution in [1.29, 1.82) is 0 Å². The third-order valence-electron chi connectivity index (χ3n) is 3.08. The standard InChI is InChI=1S/C16H12BrClN2/c17-14-7-5-12(6-8-14)10-20-11-13(9-19-20)15-3-1-2-4-16(15)18/h1-9,11H,10H2. The Morgan fingerprint density at radius 2 is 1.80 bits per heavy atom. The smallest absolute Gasteiger partial charge is 0.0659 e. The molecule has 0 radical (unpaired) electrons. The fourth-order valence-electron chi connectivity index (χ4n) is 2.06. The van der Waals surface area contributed by atoms with Gasteiger partial charge in [0.2, 0.25) is 0 Å². The number of hydrogen-bond acceptors (Lipinski definition) is 1. The van der Waals surface area contributed by atoms with Gasteiger partial charge in [0.05, 0.1) is 12.7 Å². The average Bonchev–Trinajstić information content (AvgIpc) is 2.90. The number of hydrogen-bond donors (Lipinski definition) is 0. The van der Waals surface area contributed by atoms with E-state index < -0.39 is 0 Å². The van der Waals surface area contributed by atoms with Crippen molar-refractivity contribution in [2.75, 3.05) is 0 Å². The van der Waals surface area contributed by atoms with Gasteiger partial charge < -0.3 is 0 Å². The average molecular weight is 348 g/mol. The van der Waals surface area contributed by atoms with Gasteiger partial charge in [-0.15, -0.1) is 0 Å². The molecule has 0 atom stereocenters. The number of rotatable bonds is 3. The zero-order valence-corrected chi connectivity index (χ0v) is 13.0. The molecule has 0 saturated heterocycles. The summed E-state index contributed by atoms with van der Waals surface area (Å²) in [5.41, 5.74) is 3.26. The molecule has 0 spiro atoms. The molecule has 2 aromatic carbocycles. The largest absolute Gasteiger partial charge is 0.268 e. The van der Waals surface area contributed by atoms with Crippen LogP contribution >= 0.6 is 27.5 Å². The quantitative estimate of drug-likeness (QED) is 0.651. The first-order chi connectivity index (χ1) is 9.72. The number of nitrogens with zero attached hydrogens (tertiary/aromatic N) is 2. The number of halogens is 2. The molecule has 4 heteroatoms. The molecule has 0 unspecified atom stereocenters. The van der Waals surface area contributed by atoms with Crippen LogP contribution < -0.4 is 0 Å². The molecule has 3 aromatic rings. The van der Waals surface area contributed by atoms with Crippen LogP contribution in [0.15, 0.2) is 65.4 Å². The predicted octanol–water partition coefficient (Wildman–Crippen LogP) is 5.01. The van der Waals surface area contributed by atoms with Crippen LogP contribution in [0, 0.1) is 0 Å². The van der Waals surface area contributed by atoms with E-state index >= 15 is 0 Å². The van der Waals surface area contributed by atoms with Crippen molar-refractivity contribution < 1.29 is 0 Å². The Bertz CT molecular complexity index is 719. The molecule has 0 N–H and O–H groups in total. The van der Waals surface area contributed by atoms with E-state index in [9.17, 15) is 0 Å². The Labute approximate surface area is 131 Å². The predicted molar refractivity (Wildman–Crippen MR) is 85.9 cm³/mol. The molecule has 0 aliphatic heterocycles. The summed E-state index contributed by atoms with van der Waals surface area (Å²) in [5, 5.41) is 5.14. The van der Waals surface area contributed by atoms with Gasteiger partial charge in [-0.05, 0) is 23.8 Å². The fourth-order valence-corrected chi connectivity index (χ4v) is 2.57. The minimum absolute atomic E-state index is 0.746. The summed E-state index contributed by atoms with van der Waals surface area (Å²) in [5.74, 6) is 0. The maximum absolute atomic E-state index is 6.20. The summed E-state index contributed by atoms with van der Waals surface area (Å²) >= 11 is 9.64. The Morgan fingerprint density at radius 3 is 2.55 bits per heavy atom. The van der Waals surface area contributed by atoms with E-state index in [1.54, 1.807) is 0 Å². The van der Waals surface area contributed by atoms with Gasteiger partial charge in [-0.2, -0.15) is 5.10 Å².